The van der Waals surface area contributed by atoms with Crippen molar-refractivity contribution in [1.29, 1.82) is 0 Å². The van der Waals surface area contributed by atoms with E-state index in [1.807, 2.05) is 33.0 Å². The van der Waals surface area contributed by atoms with Crippen LogP contribution in [-0.4, -0.2) is 43.5 Å². The largest absolute Gasteiger partial charge is 0.598 e. The van der Waals surface area contributed by atoms with Gasteiger partial charge in [-0.2, -0.15) is 0 Å². The summed E-state index contributed by atoms with van der Waals surface area (Å²) in [4.78, 5) is 16.9. The molecule has 2 heterocycles. The molecule has 132 valence electrons. The maximum atomic E-state index is 12.7. The number of amides is 1. The number of carboxylic acid groups (broad SMARTS) is 1. The summed E-state index contributed by atoms with van der Waals surface area (Å²) < 4.78 is 15.7. The van der Waals surface area contributed by atoms with Gasteiger partial charge in [0, 0.05) is 42.3 Å². The third kappa shape index (κ3) is 3.12. The molecule has 0 aromatic carbocycles. The average Bonchev–Trinajstić information content (AvgIpc) is 2.80. The van der Waals surface area contributed by atoms with Crippen LogP contribution in [0.3, 0.4) is 0 Å². The van der Waals surface area contributed by atoms with Crippen LogP contribution in [0, 0.1) is 5.41 Å². The fourth-order valence-electron chi connectivity index (χ4n) is 3.75. The molecule has 2 aliphatic rings. The van der Waals surface area contributed by atoms with Crippen molar-refractivity contribution < 1.29 is 14.5 Å². The summed E-state index contributed by atoms with van der Waals surface area (Å²) in [7, 11) is 0. The zero-order valence-electron chi connectivity index (χ0n) is 14.4. The van der Waals surface area contributed by atoms with Gasteiger partial charge >= 0.3 is 6.09 Å². The number of nitrogens with zero attached hydrogens (tertiary/aromatic N) is 2. The summed E-state index contributed by atoms with van der Waals surface area (Å²) in [5.74, 6) is 0. The molecule has 3 rings (SSSR count). The number of aromatic nitrogens is 1. The van der Waals surface area contributed by atoms with Gasteiger partial charge in [-0.3, -0.25) is 4.98 Å². The first-order chi connectivity index (χ1) is 11.2. The highest BCUT2D eigenvalue weighted by molar-refractivity contribution is 7.90. The quantitative estimate of drug-likeness (QED) is 0.799. The van der Waals surface area contributed by atoms with Crippen LogP contribution in [0.25, 0.3) is 0 Å². The molecule has 1 aromatic heterocycles. The molecule has 1 spiro atoms. The number of likely N-dealkylation sites (tertiary alicyclic amines) is 1. The van der Waals surface area contributed by atoms with Gasteiger partial charge < -0.3 is 14.6 Å². The standard InChI is InChI=1S/C17H25N3O3S/c1-16(2,3)24(23)19-14-13-11-18-7-4-12(13)10-17(14)5-8-20(9-6-17)15(21)22/h4,7,11,14,19H,5-6,8-10H2,1-3H3,(H,21,22)/t14-,24-/m1/s1. The topological polar surface area (TPSA) is 88.5 Å². The van der Waals surface area contributed by atoms with Crippen LogP contribution in [0.1, 0.15) is 50.8 Å². The Morgan fingerprint density at radius 2 is 2.12 bits per heavy atom. The zero-order valence-corrected chi connectivity index (χ0v) is 15.2. The Morgan fingerprint density at radius 1 is 1.46 bits per heavy atom. The van der Waals surface area contributed by atoms with E-state index in [0.717, 1.165) is 24.8 Å². The van der Waals surface area contributed by atoms with Gasteiger partial charge in [-0.1, -0.05) is 0 Å². The van der Waals surface area contributed by atoms with E-state index in [9.17, 15) is 14.5 Å². The lowest BCUT2D eigenvalue weighted by molar-refractivity contribution is 0.0764. The molecule has 0 unspecified atom stereocenters. The second-order valence-corrected chi connectivity index (χ2v) is 9.81. The molecule has 1 aromatic rings. The first-order valence-corrected chi connectivity index (χ1v) is 9.47. The van der Waals surface area contributed by atoms with E-state index in [1.54, 1.807) is 6.20 Å². The Morgan fingerprint density at radius 3 is 2.71 bits per heavy atom. The first kappa shape index (κ1) is 17.5. The molecule has 0 radical (unpaired) electrons. The molecule has 2 atom stereocenters. The third-order valence-electron chi connectivity index (χ3n) is 5.22. The number of nitrogens with one attached hydrogen (secondary N) is 1. The summed E-state index contributed by atoms with van der Waals surface area (Å²) in [6, 6.07) is 1.99. The third-order valence-corrected chi connectivity index (χ3v) is 6.79. The number of piperidine rings is 1. The molecule has 2 N–H and O–H groups in total. The van der Waals surface area contributed by atoms with Crippen molar-refractivity contribution in [2.24, 2.45) is 5.41 Å². The number of hydrogen-bond acceptors (Lipinski definition) is 4. The second kappa shape index (κ2) is 6.20. The minimum absolute atomic E-state index is 0.0443. The van der Waals surface area contributed by atoms with Gasteiger partial charge in [-0.05, 0) is 57.2 Å². The van der Waals surface area contributed by atoms with Crippen molar-refractivity contribution in [3.8, 4) is 0 Å². The monoisotopic (exact) mass is 351 g/mol. The van der Waals surface area contributed by atoms with Gasteiger partial charge in [-0.25, -0.2) is 4.79 Å². The van der Waals surface area contributed by atoms with Crippen LogP contribution in [0.2, 0.25) is 0 Å². The van der Waals surface area contributed by atoms with Crippen LogP contribution in [-0.2, 0) is 17.8 Å². The van der Waals surface area contributed by atoms with Crippen molar-refractivity contribution in [1.82, 2.24) is 14.6 Å². The Labute approximate surface area is 146 Å². The molecule has 0 saturated carbocycles. The highest BCUT2D eigenvalue weighted by atomic mass is 32.2. The predicted octanol–water partition coefficient (Wildman–Crippen LogP) is 2.49. The SMILES string of the molecule is CC(C)(C)[S@@+]([O-])N[C@@H]1c2cnccc2CC12CCN(C(=O)O)CC2. The predicted molar refractivity (Wildman–Crippen MR) is 93.0 cm³/mol. The Balaban J connectivity index is 1.87. The summed E-state index contributed by atoms with van der Waals surface area (Å²) in [5, 5.41) is 9.21. The number of carbonyl (C=O) groups is 1. The molecular weight excluding hydrogens is 326 g/mol. The molecule has 6 nitrogen and oxygen atoms in total. The van der Waals surface area contributed by atoms with E-state index in [0.29, 0.717) is 13.1 Å². The summed E-state index contributed by atoms with van der Waals surface area (Å²) in [5.41, 5.74) is 2.26. The molecule has 1 aliphatic carbocycles. The van der Waals surface area contributed by atoms with Crippen LogP contribution in [0.5, 0.6) is 0 Å². The Bertz CT molecular complexity index is 624. The van der Waals surface area contributed by atoms with Crippen LogP contribution in [0.15, 0.2) is 18.5 Å². The van der Waals surface area contributed by atoms with E-state index in [2.05, 4.69) is 9.71 Å². The zero-order chi connectivity index (χ0) is 17.5. The molecule has 1 saturated heterocycles. The Kier molecular flexibility index (Phi) is 4.53. The van der Waals surface area contributed by atoms with Crippen molar-refractivity contribution in [3.63, 3.8) is 0 Å². The van der Waals surface area contributed by atoms with E-state index in [-0.39, 0.29) is 16.2 Å². The molecule has 7 heteroatoms. The maximum absolute atomic E-state index is 12.7. The number of pyridine rings is 1. The van der Waals surface area contributed by atoms with Gasteiger partial charge in [0.15, 0.2) is 0 Å². The number of hydrogen-bond donors (Lipinski definition) is 2. The number of fused-ring (bicyclic) bond motifs is 1. The van der Waals surface area contributed by atoms with Crippen molar-refractivity contribution >= 4 is 17.5 Å². The second-order valence-electron chi connectivity index (χ2n) is 7.82. The van der Waals surface area contributed by atoms with E-state index in [1.165, 1.54) is 10.5 Å². The molecule has 24 heavy (non-hydrogen) atoms. The van der Waals surface area contributed by atoms with Gasteiger partial charge in [0.25, 0.3) is 0 Å². The summed E-state index contributed by atoms with van der Waals surface area (Å²) >= 11 is -1.19. The molecule has 1 fully saturated rings. The van der Waals surface area contributed by atoms with Crippen LogP contribution >= 0.6 is 0 Å². The lowest BCUT2D eigenvalue weighted by Gasteiger charge is -2.43. The minimum Gasteiger partial charge on any atom is -0.598 e. The first-order valence-electron chi connectivity index (χ1n) is 8.32. The minimum atomic E-state index is -1.19. The average molecular weight is 351 g/mol. The van der Waals surface area contributed by atoms with Crippen molar-refractivity contribution in [2.75, 3.05) is 13.1 Å². The fourth-order valence-corrected chi connectivity index (χ4v) is 4.69. The van der Waals surface area contributed by atoms with Gasteiger partial charge in [0.1, 0.15) is 4.75 Å². The van der Waals surface area contributed by atoms with Gasteiger partial charge in [-0.15, -0.1) is 4.72 Å². The lowest BCUT2D eigenvalue weighted by atomic mass is 9.73. The highest BCUT2D eigenvalue weighted by Crippen LogP contribution is 2.52. The molecule has 1 aliphatic heterocycles. The molecule has 0 bridgehead atoms. The Hall–Kier alpha value is -1.31. The van der Waals surface area contributed by atoms with Crippen LogP contribution < -0.4 is 4.72 Å². The fraction of sp³-hybridized carbons (Fsp3) is 0.647. The smallest absolute Gasteiger partial charge is 0.407 e. The van der Waals surface area contributed by atoms with Crippen molar-refractivity contribution in [3.05, 3.63) is 29.6 Å². The highest BCUT2D eigenvalue weighted by Gasteiger charge is 2.51. The maximum Gasteiger partial charge on any atom is 0.407 e. The number of rotatable bonds is 2. The van der Waals surface area contributed by atoms with E-state index in [4.69, 9.17) is 0 Å². The van der Waals surface area contributed by atoms with Gasteiger partial charge in [0.2, 0.25) is 0 Å². The normalized spacial score (nSPS) is 24.0. The summed E-state index contributed by atoms with van der Waals surface area (Å²) in [6.07, 6.45) is 5.23. The van der Waals surface area contributed by atoms with Crippen LogP contribution in [0.4, 0.5) is 4.79 Å². The van der Waals surface area contributed by atoms with E-state index < -0.39 is 17.5 Å². The van der Waals surface area contributed by atoms with Crippen molar-refractivity contribution in [2.45, 2.75) is 50.8 Å². The molecule has 1 amide bonds. The summed E-state index contributed by atoms with van der Waals surface area (Å²) in [6.45, 7) is 6.91. The molecular formula is C17H25N3O3S. The van der Waals surface area contributed by atoms with E-state index >= 15 is 0 Å². The lowest BCUT2D eigenvalue weighted by Crippen LogP contribution is -2.50. The van der Waals surface area contributed by atoms with Gasteiger partial charge in [0.05, 0.1) is 6.04 Å².